The third kappa shape index (κ3) is 2.85. The van der Waals surface area contributed by atoms with E-state index in [1.54, 1.807) is 0 Å². The number of carbonyl (C=O) groups excluding carboxylic acids is 1. The van der Waals surface area contributed by atoms with Crippen LogP contribution in [-0.2, 0) is 9.63 Å². The van der Waals surface area contributed by atoms with Crippen LogP contribution in [0, 0.1) is 5.92 Å². The molecule has 4 nitrogen and oxygen atoms in total. The van der Waals surface area contributed by atoms with Crippen LogP contribution in [0.5, 0.6) is 0 Å². The molecule has 1 aliphatic rings. The molecule has 1 fully saturated rings. The van der Waals surface area contributed by atoms with Crippen molar-refractivity contribution in [3.63, 3.8) is 0 Å². The predicted octanol–water partition coefficient (Wildman–Crippen LogP) is 0.321. The molecule has 82 valence electrons. The summed E-state index contributed by atoms with van der Waals surface area (Å²) in [7, 11) is 0. The number of rotatable bonds is 3. The minimum atomic E-state index is -4.94. The maximum absolute atomic E-state index is 11.7. The van der Waals surface area contributed by atoms with Gasteiger partial charge in [0, 0.05) is 19.7 Å². The van der Waals surface area contributed by atoms with Crippen molar-refractivity contribution in [1.29, 1.82) is 0 Å². The van der Waals surface area contributed by atoms with Gasteiger partial charge in [0.1, 0.15) is 0 Å². The average molecular weight is 213 g/mol. The van der Waals surface area contributed by atoms with Crippen molar-refractivity contribution in [1.82, 2.24) is 5.06 Å². The summed E-state index contributed by atoms with van der Waals surface area (Å²) in [5.74, 6) is -2.08. The summed E-state index contributed by atoms with van der Waals surface area (Å²) < 4.78 is 35.0. The summed E-state index contributed by atoms with van der Waals surface area (Å²) in [5, 5.41) is 9.43. The van der Waals surface area contributed by atoms with Crippen LogP contribution in [0.4, 0.5) is 13.2 Å². The van der Waals surface area contributed by atoms with Gasteiger partial charge in [0.2, 0.25) is 0 Å². The standard InChI is InChI=1S/C7H10F3NO3/c8-7(9,10)6(13)14-11-3-5(4-11)1-2-12/h5,12H,1-4H2. The van der Waals surface area contributed by atoms with Gasteiger partial charge in [0.15, 0.2) is 0 Å². The van der Waals surface area contributed by atoms with Gasteiger partial charge in [0.05, 0.1) is 0 Å². The summed E-state index contributed by atoms with van der Waals surface area (Å²) in [6, 6.07) is 0. The molecule has 1 N–H and O–H groups in total. The molecule has 1 rings (SSSR count). The maximum atomic E-state index is 11.7. The highest BCUT2D eigenvalue weighted by Gasteiger charge is 2.44. The van der Waals surface area contributed by atoms with Gasteiger partial charge in [-0.25, -0.2) is 4.79 Å². The fraction of sp³-hybridized carbons (Fsp3) is 0.857. The van der Waals surface area contributed by atoms with Gasteiger partial charge in [-0.2, -0.15) is 13.2 Å². The van der Waals surface area contributed by atoms with E-state index in [0.29, 0.717) is 6.42 Å². The lowest BCUT2D eigenvalue weighted by Gasteiger charge is -2.36. The van der Waals surface area contributed by atoms with Gasteiger partial charge < -0.3 is 9.94 Å². The van der Waals surface area contributed by atoms with Gasteiger partial charge in [-0.1, -0.05) is 0 Å². The average Bonchev–Trinajstić information content (AvgIpc) is 1.98. The molecule has 14 heavy (non-hydrogen) atoms. The first-order chi connectivity index (χ1) is 6.43. The maximum Gasteiger partial charge on any atom is 0.492 e. The summed E-state index contributed by atoms with van der Waals surface area (Å²) >= 11 is 0. The molecule has 0 aromatic rings. The first kappa shape index (κ1) is 11.3. The Kier molecular flexibility index (Phi) is 3.33. The van der Waals surface area contributed by atoms with Crippen molar-refractivity contribution >= 4 is 5.97 Å². The lowest BCUT2D eigenvalue weighted by atomic mass is 10.00. The predicted molar refractivity (Wildman–Crippen MR) is 38.9 cm³/mol. The van der Waals surface area contributed by atoms with E-state index in [9.17, 15) is 18.0 Å². The van der Waals surface area contributed by atoms with Crippen LogP contribution in [0.2, 0.25) is 0 Å². The minimum absolute atomic E-state index is 0.00821. The molecule has 0 radical (unpaired) electrons. The van der Waals surface area contributed by atoms with Gasteiger partial charge in [-0.15, -0.1) is 5.06 Å². The first-order valence-corrected chi connectivity index (χ1v) is 4.08. The van der Waals surface area contributed by atoms with Crippen molar-refractivity contribution in [2.75, 3.05) is 19.7 Å². The Bertz CT molecular complexity index is 213. The Morgan fingerprint density at radius 1 is 1.50 bits per heavy atom. The summed E-state index contributed by atoms with van der Waals surface area (Å²) in [4.78, 5) is 14.3. The number of hydrogen-bond acceptors (Lipinski definition) is 4. The SMILES string of the molecule is O=C(ON1CC(CCO)C1)C(F)(F)F. The second kappa shape index (κ2) is 4.14. The molecule has 0 unspecified atom stereocenters. The van der Waals surface area contributed by atoms with Crippen LogP contribution in [0.1, 0.15) is 6.42 Å². The van der Waals surface area contributed by atoms with E-state index in [1.165, 1.54) is 0 Å². The zero-order valence-corrected chi connectivity index (χ0v) is 7.25. The Morgan fingerprint density at radius 2 is 2.07 bits per heavy atom. The molecule has 0 saturated carbocycles. The summed E-state index contributed by atoms with van der Waals surface area (Å²) in [6.07, 6.45) is -4.43. The highest BCUT2D eigenvalue weighted by molar-refractivity contribution is 5.75. The van der Waals surface area contributed by atoms with Crippen molar-refractivity contribution in [3.8, 4) is 0 Å². The lowest BCUT2D eigenvalue weighted by molar-refractivity contribution is -0.259. The largest absolute Gasteiger partial charge is 0.492 e. The van der Waals surface area contributed by atoms with E-state index in [0.717, 1.165) is 5.06 Å². The third-order valence-corrected chi connectivity index (χ3v) is 1.90. The van der Waals surface area contributed by atoms with Crippen LogP contribution in [0.25, 0.3) is 0 Å². The normalized spacial score (nSPS) is 19.1. The van der Waals surface area contributed by atoms with Crippen molar-refractivity contribution in [2.45, 2.75) is 12.6 Å². The molecule has 1 saturated heterocycles. The molecule has 0 aromatic carbocycles. The van der Waals surface area contributed by atoms with Crippen LogP contribution in [0.3, 0.4) is 0 Å². The molecule has 0 spiro atoms. The van der Waals surface area contributed by atoms with Crippen molar-refractivity contribution in [2.24, 2.45) is 5.92 Å². The van der Waals surface area contributed by atoms with Crippen LogP contribution in [-0.4, -0.2) is 42.0 Å². The smallest absolute Gasteiger partial charge is 0.396 e. The van der Waals surface area contributed by atoms with E-state index in [2.05, 4.69) is 4.84 Å². The fourth-order valence-corrected chi connectivity index (χ4v) is 1.13. The third-order valence-electron chi connectivity index (χ3n) is 1.90. The highest BCUT2D eigenvalue weighted by atomic mass is 19.4. The first-order valence-electron chi connectivity index (χ1n) is 4.08. The van der Waals surface area contributed by atoms with Crippen molar-refractivity contribution in [3.05, 3.63) is 0 Å². The van der Waals surface area contributed by atoms with E-state index in [4.69, 9.17) is 5.11 Å². The Balaban J connectivity index is 2.20. The topological polar surface area (TPSA) is 49.8 Å². The van der Waals surface area contributed by atoms with E-state index in [1.807, 2.05) is 0 Å². The van der Waals surface area contributed by atoms with Gasteiger partial charge in [-0.05, 0) is 12.3 Å². The molecule has 0 aliphatic carbocycles. The monoisotopic (exact) mass is 213 g/mol. The number of aliphatic hydroxyl groups excluding tert-OH is 1. The highest BCUT2D eigenvalue weighted by Crippen LogP contribution is 2.23. The molecule has 1 aliphatic heterocycles. The molecule has 7 heteroatoms. The number of aliphatic hydroxyl groups is 1. The Labute approximate surface area is 78.2 Å². The number of nitrogens with zero attached hydrogens (tertiary/aromatic N) is 1. The summed E-state index contributed by atoms with van der Waals surface area (Å²) in [5.41, 5.74) is 0. The molecular weight excluding hydrogens is 203 g/mol. The second-order valence-electron chi connectivity index (χ2n) is 3.10. The Morgan fingerprint density at radius 3 is 2.50 bits per heavy atom. The zero-order chi connectivity index (χ0) is 10.8. The molecular formula is C7H10F3NO3. The Hall–Kier alpha value is -0.820. The quantitative estimate of drug-likeness (QED) is 0.733. The van der Waals surface area contributed by atoms with Crippen LogP contribution in [0.15, 0.2) is 0 Å². The van der Waals surface area contributed by atoms with Gasteiger partial charge in [-0.3, -0.25) is 0 Å². The molecule has 0 amide bonds. The number of hydroxylamine groups is 2. The second-order valence-corrected chi connectivity index (χ2v) is 3.10. The van der Waals surface area contributed by atoms with Crippen LogP contribution >= 0.6 is 0 Å². The van der Waals surface area contributed by atoms with Gasteiger partial charge >= 0.3 is 12.1 Å². The van der Waals surface area contributed by atoms with Gasteiger partial charge in [0.25, 0.3) is 0 Å². The number of hydrogen-bond donors (Lipinski definition) is 1. The van der Waals surface area contributed by atoms with Crippen LogP contribution < -0.4 is 0 Å². The van der Waals surface area contributed by atoms with E-state index in [-0.39, 0.29) is 25.6 Å². The molecule has 0 atom stereocenters. The number of carbonyl (C=O) groups is 1. The van der Waals surface area contributed by atoms with E-state index >= 15 is 0 Å². The number of alkyl halides is 3. The number of halogens is 3. The summed E-state index contributed by atoms with van der Waals surface area (Å²) in [6.45, 7) is 0.497. The van der Waals surface area contributed by atoms with Crippen molar-refractivity contribution < 1.29 is 27.9 Å². The fourth-order valence-electron chi connectivity index (χ4n) is 1.13. The molecule has 0 aromatic heterocycles. The molecule has 0 bridgehead atoms. The lowest BCUT2D eigenvalue weighted by Crippen LogP contribution is -2.49. The van der Waals surface area contributed by atoms with E-state index < -0.39 is 12.1 Å². The zero-order valence-electron chi connectivity index (χ0n) is 7.25. The molecule has 1 heterocycles. The minimum Gasteiger partial charge on any atom is -0.396 e.